The Hall–Kier alpha value is -2.01. The number of halogens is 2. The van der Waals surface area contributed by atoms with E-state index in [4.69, 9.17) is 5.11 Å². The van der Waals surface area contributed by atoms with E-state index in [1.165, 1.54) is 23.5 Å². The summed E-state index contributed by atoms with van der Waals surface area (Å²) in [5.41, 5.74) is -0.449. The fourth-order valence-electron chi connectivity index (χ4n) is 2.15. The SMILES string of the molecule is O=C(O)C(F)(F)c1cccc2sc3ccccc3c12. The van der Waals surface area contributed by atoms with E-state index < -0.39 is 17.5 Å². The maximum atomic E-state index is 13.8. The second-order valence-corrected chi connectivity index (χ2v) is 5.24. The van der Waals surface area contributed by atoms with Crippen LogP contribution < -0.4 is 0 Å². The zero-order chi connectivity index (χ0) is 13.6. The molecule has 0 saturated heterocycles. The van der Waals surface area contributed by atoms with Crippen LogP contribution in [-0.4, -0.2) is 11.1 Å². The highest BCUT2D eigenvalue weighted by Crippen LogP contribution is 2.41. The lowest BCUT2D eigenvalue weighted by molar-refractivity contribution is -0.166. The van der Waals surface area contributed by atoms with Gasteiger partial charge in [-0.15, -0.1) is 11.3 Å². The molecule has 0 atom stereocenters. The molecule has 96 valence electrons. The minimum Gasteiger partial charge on any atom is -0.477 e. The number of carboxylic acid groups (broad SMARTS) is 1. The van der Waals surface area contributed by atoms with Crippen LogP contribution in [0.15, 0.2) is 42.5 Å². The van der Waals surface area contributed by atoms with Crippen LogP contribution in [0.2, 0.25) is 0 Å². The molecule has 0 radical (unpaired) electrons. The Morgan fingerprint density at radius 1 is 1.05 bits per heavy atom. The number of carbonyl (C=O) groups is 1. The van der Waals surface area contributed by atoms with Gasteiger partial charge in [0, 0.05) is 25.7 Å². The predicted molar refractivity (Wildman–Crippen MR) is 70.9 cm³/mol. The van der Waals surface area contributed by atoms with Crippen LogP contribution in [0, 0.1) is 0 Å². The molecule has 0 aliphatic heterocycles. The molecule has 5 heteroatoms. The Bertz CT molecular complexity index is 792. The summed E-state index contributed by atoms with van der Waals surface area (Å²) in [5.74, 6) is -6.01. The lowest BCUT2D eigenvalue weighted by Crippen LogP contribution is -2.25. The molecule has 2 aromatic carbocycles. The number of rotatable bonds is 2. The monoisotopic (exact) mass is 278 g/mol. The Balaban J connectivity index is 2.46. The average molecular weight is 278 g/mol. The first-order valence-electron chi connectivity index (χ1n) is 5.54. The fraction of sp³-hybridized carbons (Fsp3) is 0.0714. The summed E-state index contributed by atoms with van der Waals surface area (Å²) in [5, 5.41) is 9.71. The molecule has 1 N–H and O–H groups in total. The maximum absolute atomic E-state index is 13.8. The molecule has 1 heterocycles. The van der Waals surface area contributed by atoms with Gasteiger partial charge in [-0.25, -0.2) is 4.79 Å². The third-order valence-corrected chi connectivity index (χ3v) is 4.15. The van der Waals surface area contributed by atoms with Gasteiger partial charge < -0.3 is 5.11 Å². The normalized spacial score (nSPS) is 12.1. The minimum atomic E-state index is -3.89. The van der Waals surface area contributed by atoms with Gasteiger partial charge in [0.15, 0.2) is 0 Å². The Kier molecular flexibility index (Phi) is 2.53. The molecule has 2 nitrogen and oxygen atoms in total. The van der Waals surface area contributed by atoms with Gasteiger partial charge >= 0.3 is 11.9 Å². The van der Waals surface area contributed by atoms with Gasteiger partial charge in [-0.05, 0) is 12.1 Å². The van der Waals surface area contributed by atoms with Gasteiger partial charge in [0.1, 0.15) is 0 Å². The van der Waals surface area contributed by atoms with Crippen molar-refractivity contribution in [1.29, 1.82) is 0 Å². The third kappa shape index (κ3) is 1.69. The highest BCUT2D eigenvalue weighted by molar-refractivity contribution is 7.25. The molecule has 3 aromatic rings. The van der Waals surface area contributed by atoms with Gasteiger partial charge in [-0.1, -0.05) is 30.3 Å². The Morgan fingerprint density at radius 2 is 1.74 bits per heavy atom. The highest BCUT2D eigenvalue weighted by Gasteiger charge is 2.42. The molecule has 0 unspecified atom stereocenters. The summed E-state index contributed by atoms with van der Waals surface area (Å²) in [4.78, 5) is 10.8. The van der Waals surface area contributed by atoms with Crippen molar-refractivity contribution in [3.05, 3.63) is 48.0 Å². The van der Waals surface area contributed by atoms with Crippen molar-refractivity contribution in [2.75, 3.05) is 0 Å². The first-order chi connectivity index (χ1) is 9.01. The number of fused-ring (bicyclic) bond motifs is 3. The van der Waals surface area contributed by atoms with Crippen molar-refractivity contribution in [3.8, 4) is 0 Å². The second-order valence-electron chi connectivity index (χ2n) is 4.16. The van der Waals surface area contributed by atoms with Gasteiger partial charge in [-0.3, -0.25) is 0 Å². The zero-order valence-corrected chi connectivity index (χ0v) is 10.4. The molecule has 1 aromatic heterocycles. The van der Waals surface area contributed by atoms with E-state index in [0.717, 1.165) is 4.70 Å². The van der Waals surface area contributed by atoms with Crippen molar-refractivity contribution >= 4 is 37.5 Å². The van der Waals surface area contributed by atoms with E-state index >= 15 is 0 Å². The smallest absolute Gasteiger partial charge is 0.379 e. The first-order valence-corrected chi connectivity index (χ1v) is 6.35. The molecule has 3 rings (SSSR count). The predicted octanol–water partition coefficient (Wildman–Crippen LogP) is 4.23. The van der Waals surface area contributed by atoms with Crippen molar-refractivity contribution in [2.45, 2.75) is 5.92 Å². The zero-order valence-electron chi connectivity index (χ0n) is 9.56. The number of hydrogen-bond acceptors (Lipinski definition) is 2. The number of alkyl halides is 2. The summed E-state index contributed by atoms with van der Waals surface area (Å²) in [6.45, 7) is 0. The number of carboxylic acids is 1. The van der Waals surface area contributed by atoms with Crippen molar-refractivity contribution in [3.63, 3.8) is 0 Å². The molecule has 0 bridgehead atoms. The van der Waals surface area contributed by atoms with Crippen molar-refractivity contribution in [2.24, 2.45) is 0 Å². The lowest BCUT2D eigenvalue weighted by Gasteiger charge is -2.12. The Labute approximate surface area is 110 Å². The molecule has 0 amide bonds. The van der Waals surface area contributed by atoms with Crippen molar-refractivity contribution in [1.82, 2.24) is 0 Å². The number of thiophene rings is 1. The molecular weight excluding hydrogens is 270 g/mol. The third-order valence-electron chi connectivity index (χ3n) is 3.01. The summed E-state index contributed by atoms with van der Waals surface area (Å²) in [6.07, 6.45) is 0. The van der Waals surface area contributed by atoms with Crippen LogP contribution in [0.1, 0.15) is 5.56 Å². The van der Waals surface area contributed by atoms with E-state index in [1.54, 1.807) is 18.2 Å². The van der Waals surface area contributed by atoms with Crippen LogP contribution in [0.25, 0.3) is 20.2 Å². The minimum absolute atomic E-state index is 0.329. The Morgan fingerprint density at radius 3 is 2.47 bits per heavy atom. The van der Waals surface area contributed by atoms with Crippen LogP contribution >= 0.6 is 11.3 Å². The molecule has 0 spiro atoms. The first kappa shape index (κ1) is 12.0. The largest absolute Gasteiger partial charge is 0.477 e. The average Bonchev–Trinajstić information content (AvgIpc) is 2.76. The van der Waals surface area contributed by atoms with Crippen LogP contribution in [0.3, 0.4) is 0 Å². The second kappa shape index (κ2) is 3.99. The van der Waals surface area contributed by atoms with Gasteiger partial charge in [0.25, 0.3) is 0 Å². The molecule has 19 heavy (non-hydrogen) atoms. The molecule has 0 saturated carbocycles. The molecule has 0 aliphatic carbocycles. The number of aliphatic carboxylic acids is 1. The highest BCUT2D eigenvalue weighted by atomic mass is 32.1. The van der Waals surface area contributed by atoms with E-state index in [2.05, 4.69) is 0 Å². The van der Waals surface area contributed by atoms with Crippen molar-refractivity contribution < 1.29 is 18.7 Å². The summed E-state index contributed by atoms with van der Waals surface area (Å²) >= 11 is 1.38. The van der Waals surface area contributed by atoms with Gasteiger partial charge in [0.05, 0.1) is 0 Å². The van der Waals surface area contributed by atoms with E-state index in [9.17, 15) is 13.6 Å². The maximum Gasteiger partial charge on any atom is 0.379 e. The fourth-order valence-corrected chi connectivity index (χ4v) is 3.28. The van der Waals surface area contributed by atoms with E-state index in [0.29, 0.717) is 15.5 Å². The van der Waals surface area contributed by atoms with Crippen LogP contribution in [0.4, 0.5) is 8.78 Å². The lowest BCUT2D eigenvalue weighted by atomic mass is 10.0. The molecule has 0 fully saturated rings. The van der Waals surface area contributed by atoms with Crippen LogP contribution in [-0.2, 0) is 10.7 Å². The quantitative estimate of drug-likeness (QED) is 0.761. The molecule has 0 aliphatic rings. The van der Waals surface area contributed by atoms with Gasteiger partial charge in [-0.2, -0.15) is 8.78 Å². The number of benzene rings is 2. The topological polar surface area (TPSA) is 37.3 Å². The summed E-state index contributed by atoms with van der Waals surface area (Å²) in [6, 6.07) is 11.5. The number of hydrogen-bond donors (Lipinski definition) is 1. The summed E-state index contributed by atoms with van der Waals surface area (Å²) < 4.78 is 29.2. The summed E-state index contributed by atoms with van der Waals surface area (Å²) in [7, 11) is 0. The van der Waals surface area contributed by atoms with Gasteiger partial charge in [0.2, 0.25) is 0 Å². The van der Waals surface area contributed by atoms with E-state index in [1.807, 2.05) is 12.1 Å². The molecular formula is C14H8F2O2S. The van der Waals surface area contributed by atoms with Crippen LogP contribution in [0.5, 0.6) is 0 Å². The van der Waals surface area contributed by atoms with E-state index in [-0.39, 0.29) is 0 Å². The standard InChI is InChI=1S/C14H8F2O2S/c15-14(16,13(17)18)9-5-3-7-11-12(9)8-4-1-2-6-10(8)19-11/h1-7H,(H,17,18).